The van der Waals surface area contributed by atoms with Crippen molar-refractivity contribution in [3.8, 4) is 0 Å². The van der Waals surface area contributed by atoms with Gasteiger partial charge >= 0.3 is 5.97 Å². The van der Waals surface area contributed by atoms with Gasteiger partial charge in [-0.25, -0.2) is 13.1 Å². The van der Waals surface area contributed by atoms with E-state index in [-0.39, 0.29) is 23.9 Å². The summed E-state index contributed by atoms with van der Waals surface area (Å²) >= 11 is 0. The number of carboxylic acids is 1. The van der Waals surface area contributed by atoms with Gasteiger partial charge in [0, 0.05) is 13.1 Å². The van der Waals surface area contributed by atoms with E-state index >= 15 is 0 Å². The summed E-state index contributed by atoms with van der Waals surface area (Å²) in [5, 5.41) is 9.05. The molecule has 0 amide bonds. The molecular formula is C14H22N2O4S. The Morgan fingerprint density at radius 1 is 1.33 bits per heavy atom. The van der Waals surface area contributed by atoms with Crippen LogP contribution in [-0.4, -0.2) is 39.1 Å². The minimum Gasteiger partial charge on any atom is -0.480 e. The van der Waals surface area contributed by atoms with Gasteiger partial charge in [-0.3, -0.25) is 4.79 Å². The average molecular weight is 314 g/mol. The highest BCUT2D eigenvalue weighted by Crippen LogP contribution is 2.25. The number of nitrogens with one attached hydrogen (secondary N) is 1. The smallest absolute Gasteiger partial charge is 0.323 e. The predicted molar refractivity (Wildman–Crippen MR) is 82.0 cm³/mol. The van der Waals surface area contributed by atoms with E-state index < -0.39 is 16.0 Å². The van der Waals surface area contributed by atoms with Crippen molar-refractivity contribution in [3.63, 3.8) is 0 Å². The molecule has 0 aliphatic heterocycles. The van der Waals surface area contributed by atoms with E-state index in [1.54, 1.807) is 30.0 Å². The third kappa shape index (κ3) is 5.02. The fourth-order valence-electron chi connectivity index (χ4n) is 2.07. The van der Waals surface area contributed by atoms with Gasteiger partial charge in [0.1, 0.15) is 11.4 Å². The quantitative estimate of drug-likeness (QED) is 0.760. The summed E-state index contributed by atoms with van der Waals surface area (Å²) in [7, 11) is -3.64. The lowest BCUT2D eigenvalue weighted by Crippen LogP contribution is -2.35. The lowest BCUT2D eigenvalue weighted by Gasteiger charge is -2.27. The summed E-state index contributed by atoms with van der Waals surface area (Å²) < 4.78 is 26.9. The number of carboxylic acid groups (broad SMARTS) is 1. The zero-order valence-corrected chi connectivity index (χ0v) is 13.4. The summed E-state index contributed by atoms with van der Waals surface area (Å²) in [6.45, 7) is 6.11. The Balaban J connectivity index is 3.28. The number of aliphatic carboxylic acids is 1. The third-order valence-corrected chi connectivity index (χ3v) is 4.33. The van der Waals surface area contributed by atoms with Crippen LogP contribution in [0.25, 0.3) is 0 Å². The number of benzene rings is 1. The topological polar surface area (TPSA) is 86.7 Å². The first kappa shape index (κ1) is 17.5. The minimum absolute atomic E-state index is 0.105. The van der Waals surface area contributed by atoms with Gasteiger partial charge in [0.05, 0.1) is 5.69 Å². The van der Waals surface area contributed by atoms with Crippen LogP contribution in [0.1, 0.15) is 20.8 Å². The number of carbonyl (C=O) groups is 1. The first-order valence-corrected chi connectivity index (χ1v) is 8.31. The molecule has 0 atom stereocenters. The molecule has 0 spiro atoms. The molecule has 0 aliphatic carbocycles. The molecule has 0 heterocycles. The van der Waals surface area contributed by atoms with Gasteiger partial charge < -0.3 is 10.0 Å². The second kappa shape index (κ2) is 7.42. The summed E-state index contributed by atoms with van der Waals surface area (Å²) in [6.07, 6.45) is 0. The highest BCUT2D eigenvalue weighted by molar-refractivity contribution is 7.89. The van der Waals surface area contributed by atoms with Crippen LogP contribution in [-0.2, 0) is 14.8 Å². The fraction of sp³-hybridized carbons (Fsp3) is 0.500. The number of hydrogen-bond acceptors (Lipinski definition) is 4. The standard InChI is InChI=1S/C14H22N2O4S/c1-4-15-21(19,20)13-8-6-5-7-12(13)16(9-11(2)3)10-14(17)18/h5-8,11,15H,4,9-10H2,1-3H3,(H,17,18). The lowest BCUT2D eigenvalue weighted by molar-refractivity contribution is -0.135. The molecule has 0 aliphatic rings. The first-order valence-electron chi connectivity index (χ1n) is 6.83. The minimum atomic E-state index is -3.64. The third-order valence-electron chi connectivity index (χ3n) is 2.74. The van der Waals surface area contributed by atoms with Crippen molar-refractivity contribution in [1.29, 1.82) is 0 Å². The predicted octanol–water partition coefficient (Wildman–Crippen LogP) is 1.53. The Labute approximate surface area is 125 Å². The molecule has 0 aromatic heterocycles. The fourth-order valence-corrected chi connectivity index (χ4v) is 3.33. The molecule has 0 unspecified atom stereocenters. The van der Waals surface area contributed by atoms with Crippen LogP contribution in [0.4, 0.5) is 5.69 Å². The van der Waals surface area contributed by atoms with Crippen molar-refractivity contribution in [3.05, 3.63) is 24.3 Å². The maximum atomic E-state index is 12.2. The van der Waals surface area contributed by atoms with E-state index in [1.807, 2.05) is 13.8 Å². The Morgan fingerprint density at radius 2 is 1.95 bits per heavy atom. The van der Waals surface area contributed by atoms with Crippen LogP contribution >= 0.6 is 0 Å². The summed E-state index contributed by atoms with van der Waals surface area (Å²) in [4.78, 5) is 12.7. The normalized spacial score (nSPS) is 11.6. The van der Waals surface area contributed by atoms with Crippen molar-refractivity contribution in [2.75, 3.05) is 24.5 Å². The van der Waals surface area contributed by atoms with E-state index in [0.717, 1.165) is 0 Å². The molecule has 6 nitrogen and oxygen atoms in total. The zero-order valence-electron chi connectivity index (χ0n) is 12.5. The summed E-state index contributed by atoms with van der Waals surface area (Å²) in [6, 6.07) is 6.45. The second-order valence-electron chi connectivity index (χ2n) is 5.14. The highest BCUT2D eigenvalue weighted by Gasteiger charge is 2.22. The Bertz CT molecular complexity index is 584. The maximum absolute atomic E-state index is 12.2. The van der Waals surface area contributed by atoms with Crippen LogP contribution < -0.4 is 9.62 Å². The SMILES string of the molecule is CCNS(=O)(=O)c1ccccc1N(CC(=O)O)CC(C)C. The molecule has 0 saturated carbocycles. The van der Waals surface area contributed by atoms with Crippen LogP contribution in [0.3, 0.4) is 0 Å². The molecule has 2 N–H and O–H groups in total. The van der Waals surface area contributed by atoms with E-state index in [4.69, 9.17) is 5.11 Å². The monoisotopic (exact) mass is 314 g/mol. The molecule has 0 radical (unpaired) electrons. The molecule has 0 saturated heterocycles. The average Bonchev–Trinajstić information content (AvgIpc) is 2.37. The number of anilines is 1. The molecule has 0 fully saturated rings. The van der Waals surface area contributed by atoms with Crippen molar-refractivity contribution >= 4 is 21.7 Å². The first-order chi connectivity index (χ1) is 9.77. The highest BCUT2D eigenvalue weighted by atomic mass is 32.2. The van der Waals surface area contributed by atoms with Crippen molar-refractivity contribution < 1.29 is 18.3 Å². The molecule has 1 aromatic rings. The van der Waals surface area contributed by atoms with Crippen LogP contribution in [0, 0.1) is 5.92 Å². The van der Waals surface area contributed by atoms with Crippen molar-refractivity contribution in [2.24, 2.45) is 5.92 Å². The van der Waals surface area contributed by atoms with Gasteiger partial charge in [0.2, 0.25) is 10.0 Å². The number of nitrogens with zero attached hydrogens (tertiary/aromatic N) is 1. The lowest BCUT2D eigenvalue weighted by atomic mass is 10.2. The van der Waals surface area contributed by atoms with E-state index in [2.05, 4.69) is 4.72 Å². The van der Waals surface area contributed by atoms with Gasteiger partial charge in [-0.05, 0) is 18.1 Å². The summed E-state index contributed by atoms with van der Waals surface area (Å²) in [5.74, 6) is -0.787. The Morgan fingerprint density at radius 3 is 2.48 bits per heavy atom. The molecule has 118 valence electrons. The molecule has 21 heavy (non-hydrogen) atoms. The molecule has 1 rings (SSSR count). The van der Waals surface area contributed by atoms with Gasteiger partial charge in [0.15, 0.2) is 0 Å². The molecule has 1 aromatic carbocycles. The number of sulfonamides is 1. The second-order valence-corrected chi connectivity index (χ2v) is 6.87. The van der Waals surface area contributed by atoms with E-state index in [1.165, 1.54) is 6.07 Å². The van der Waals surface area contributed by atoms with Crippen molar-refractivity contribution in [1.82, 2.24) is 4.72 Å². The van der Waals surface area contributed by atoms with Gasteiger partial charge in [-0.2, -0.15) is 0 Å². The summed E-state index contributed by atoms with van der Waals surface area (Å²) in [5.41, 5.74) is 0.412. The Hall–Kier alpha value is -1.60. The van der Waals surface area contributed by atoms with Crippen LogP contribution in [0.2, 0.25) is 0 Å². The molecule has 0 bridgehead atoms. The molecule has 7 heteroatoms. The molecular weight excluding hydrogens is 292 g/mol. The van der Waals surface area contributed by atoms with Crippen LogP contribution in [0.15, 0.2) is 29.2 Å². The van der Waals surface area contributed by atoms with Gasteiger partial charge in [0.25, 0.3) is 0 Å². The van der Waals surface area contributed by atoms with Gasteiger partial charge in [-0.15, -0.1) is 0 Å². The zero-order chi connectivity index (χ0) is 16.0. The van der Waals surface area contributed by atoms with Crippen LogP contribution in [0.5, 0.6) is 0 Å². The number of para-hydroxylation sites is 1. The Kier molecular flexibility index (Phi) is 6.17. The van der Waals surface area contributed by atoms with Gasteiger partial charge in [-0.1, -0.05) is 32.9 Å². The number of rotatable bonds is 8. The van der Waals surface area contributed by atoms with E-state index in [0.29, 0.717) is 12.2 Å². The number of hydrogen-bond donors (Lipinski definition) is 2. The maximum Gasteiger partial charge on any atom is 0.323 e. The van der Waals surface area contributed by atoms with E-state index in [9.17, 15) is 13.2 Å². The largest absolute Gasteiger partial charge is 0.480 e. The van der Waals surface area contributed by atoms with Crippen molar-refractivity contribution in [2.45, 2.75) is 25.7 Å².